The van der Waals surface area contributed by atoms with Crippen molar-refractivity contribution in [3.8, 4) is 0 Å². The predicted molar refractivity (Wildman–Crippen MR) is 84.5 cm³/mol. The maximum Gasteiger partial charge on any atom is 0.273 e. The highest BCUT2D eigenvalue weighted by atomic mass is 16.5. The molecular weight excluding hydrogens is 266 g/mol. The molecule has 0 aliphatic rings. The van der Waals surface area contributed by atoms with Crippen molar-refractivity contribution < 1.29 is 9.32 Å². The summed E-state index contributed by atoms with van der Waals surface area (Å²) in [4.78, 5) is 12.3. The summed E-state index contributed by atoms with van der Waals surface area (Å²) in [6.45, 7) is 12.8. The third kappa shape index (κ3) is 4.30. The standard InChI is InChI=1S/C16H29N3O2/c1-6-13-12(5)14(19-21-13)15(20)18-11-16(7-2,8-3)10-17-9-4/h17H,6-11H2,1-5H3,(H,18,20). The summed E-state index contributed by atoms with van der Waals surface area (Å²) in [7, 11) is 0. The van der Waals surface area contributed by atoms with E-state index in [0.717, 1.165) is 43.7 Å². The zero-order chi connectivity index (χ0) is 15.9. The fraction of sp³-hybridized carbons (Fsp3) is 0.750. The molecule has 0 radical (unpaired) electrons. The molecule has 0 aromatic carbocycles. The normalized spacial score (nSPS) is 11.7. The summed E-state index contributed by atoms with van der Waals surface area (Å²) in [6, 6.07) is 0. The predicted octanol–water partition coefficient (Wildman–Crippen LogP) is 2.69. The van der Waals surface area contributed by atoms with Gasteiger partial charge in [-0.1, -0.05) is 32.9 Å². The van der Waals surface area contributed by atoms with Crippen molar-refractivity contribution in [3.63, 3.8) is 0 Å². The van der Waals surface area contributed by atoms with Gasteiger partial charge >= 0.3 is 0 Å². The zero-order valence-corrected chi connectivity index (χ0v) is 14.0. The van der Waals surface area contributed by atoms with Crippen LogP contribution in [0.3, 0.4) is 0 Å². The maximum absolute atomic E-state index is 12.3. The van der Waals surface area contributed by atoms with Gasteiger partial charge in [-0.05, 0) is 31.7 Å². The van der Waals surface area contributed by atoms with Crippen molar-refractivity contribution in [3.05, 3.63) is 17.0 Å². The van der Waals surface area contributed by atoms with Crippen molar-refractivity contribution in [1.29, 1.82) is 0 Å². The van der Waals surface area contributed by atoms with Gasteiger partial charge < -0.3 is 15.2 Å². The van der Waals surface area contributed by atoms with Gasteiger partial charge in [-0.25, -0.2) is 0 Å². The minimum absolute atomic E-state index is 0.0941. The summed E-state index contributed by atoms with van der Waals surface area (Å²) < 4.78 is 5.19. The molecule has 0 aliphatic carbocycles. The number of carbonyl (C=O) groups excluding carboxylic acids is 1. The van der Waals surface area contributed by atoms with Crippen LogP contribution in [0.2, 0.25) is 0 Å². The van der Waals surface area contributed by atoms with Gasteiger partial charge in [0.15, 0.2) is 5.69 Å². The van der Waals surface area contributed by atoms with Gasteiger partial charge in [0.05, 0.1) is 0 Å². The molecule has 0 fully saturated rings. The van der Waals surface area contributed by atoms with E-state index in [0.29, 0.717) is 12.2 Å². The van der Waals surface area contributed by atoms with Crippen molar-refractivity contribution in [1.82, 2.24) is 15.8 Å². The van der Waals surface area contributed by atoms with Crippen LogP contribution in [0, 0.1) is 12.3 Å². The smallest absolute Gasteiger partial charge is 0.273 e. The molecule has 1 rings (SSSR count). The summed E-state index contributed by atoms with van der Waals surface area (Å²) in [5, 5.41) is 10.3. The van der Waals surface area contributed by atoms with E-state index in [1.54, 1.807) is 0 Å². The second-order valence-electron chi connectivity index (χ2n) is 5.60. The second kappa shape index (κ2) is 8.17. The Morgan fingerprint density at radius 3 is 2.33 bits per heavy atom. The van der Waals surface area contributed by atoms with E-state index < -0.39 is 0 Å². The quantitative estimate of drug-likeness (QED) is 0.735. The van der Waals surface area contributed by atoms with Crippen LogP contribution in [0.4, 0.5) is 0 Å². The first-order valence-electron chi connectivity index (χ1n) is 7.97. The molecular formula is C16H29N3O2. The van der Waals surface area contributed by atoms with Gasteiger partial charge in [-0.3, -0.25) is 4.79 Å². The van der Waals surface area contributed by atoms with Crippen molar-refractivity contribution in [2.45, 2.75) is 53.9 Å². The van der Waals surface area contributed by atoms with E-state index in [-0.39, 0.29) is 11.3 Å². The zero-order valence-electron chi connectivity index (χ0n) is 14.0. The van der Waals surface area contributed by atoms with Gasteiger partial charge in [0.2, 0.25) is 0 Å². The molecule has 0 spiro atoms. The number of nitrogens with one attached hydrogen (secondary N) is 2. The van der Waals surface area contributed by atoms with Crippen molar-refractivity contribution >= 4 is 5.91 Å². The highest BCUT2D eigenvalue weighted by Gasteiger charge is 2.27. The Labute approximate surface area is 127 Å². The Kier molecular flexibility index (Phi) is 6.89. The Bertz CT molecular complexity index is 450. The molecule has 0 unspecified atom stereocenters. The topological polar surface area (TPSA) is 67.2 Å². The van der Waals surface area contributed by atoms with Gasteiger partial charge in [0.1, 0.15) is 5.76 Å². The molecule has 5 nitrogen and oxygen atoms in total. The third-order valence-electron chi connectivity index (χ3n) is 4.43. The van der Waals surface area contributed by atoms with Crippen LogP contribution in [0.25, 0.3) is 0 Å². The summed E-state index contributed by atoms with van der Waals surface area (Å²) in [5.74, 6) is 0.642. The molecule has 120 valence electrons. The Morgan fingerprint density at radius 1 is 1.19 bits per heavy atom. The average Bonchev–Trinajstić information content (AvgIpc) is 2.89. The number of aromatic nitrogens is 1. The van der Waals surface area contributed by atoms with Crippen LogP contribution in [-0.4, -0.2) is 30.7 Å². The lowest BCUT2D eigenvalue weighted by molar-refractivity contribution is 0.0915. The molecule has 0 saturated heterocycles. The van der Waals surface area contributed by atoms with Gasteiger partial charge in [0.25, 0.3) is 5.91 Å². The average molecular weight is 295 g/mol. The molecule has 1 heterocycles. The fourth-order valence-corrected chi connectivity index (χ4v) is 2.47. The number of hydrogen-bond donors (Lipinski definition) is 2. The maximum atomic E-state index is 12.3. The number of nitrogens with zero attached hydrogens (tertiary/aromatic N) is 1. The molecule has 1 aromatic rings. The molecule has 0 aliphatic heterocycles. The molecule has 0 atom stereocenters. The number of hydrogen-bond acceptors (Lipinski definition) is 4. The number of rotatable bonds is 9. The lowest BCUT2D eigenvalue weighted by Crippen LogP contribution is -2.43. The van der Waals surface area contributed by atoms with Gasteiger partial charge in [0, 0.05) is 25.1 Å². The van der Waals surface area contributed by atoms with Gasteiger partial charge in [-0.15, -0.1) is 0 Å². The van der Waals surface area contributed by atoms with E-state index in [4.69, 9.17) is 4.52 Å². The van der Waals surface area contributed by atoms with Crippen LogP contribution in [-0.2, 0) is 6.42 Å². The Balaban J connectivity index is 2.70. The van der Waals surface area contributed by atoms with Gasteiger partial charge in [-0.2, -0.15) is 0 Å². The fourth-order valence-electron chi connectivity index (χ4n) is 2.47. The van der Waals surface area contributed by atoms with E-state index in [2.05, 4.69) is 36.6 Å². The Hall–Kier alpha value is -1.36. The molecule has 2 N–H and O–H groups in total. The lowest BCUT2D eigenvalue weighted by Gasteiger charge is -2.32. The Morgan fingerprint density at radius 2 is 1.86 bits per heavy atom. The van der Waals surface area contributed by atoms with Crippen LogP contribution in [0.5, 0.6) is 0 Å². The molecule has 5 heteroatoms. The first kappa shape index (κ1) is 17.7. The first-order valence-corrected chi connectivity index (χ1v) is 7.97. The summed E-state index contributed by atoms with van der Waals surface area (Å²) >= 11 is 0. The SMILES string of the molecule is CCNCC(CC)(CC)CNC(=O)c1noc(CC)c1C. The number of aryl methyl sites for hydroxylation is 1. The largest absolute Gasteiger partial charge is 0.360 e. The van der Waals surface area contributed by atoms with Crippen molar-refractivity contribution in [2.75, 3.05) is 19.6 Å². The highest BCUT2D eigenvalue weighted by molar-refractivity contribution is 5.93. The molecule has 21 heavy (non-hydrogen) atoms. The van der Waals surface area contributed by atoms with Crippen LogP contribution in [0.15, 0.2) is 4.52 Å². The van der Waals surface area contributed by atoms with Crippen molar-refractivity contribution in [2.24, 2.45) is 5.41 Å². The van der Waals surface area contributed by atoms with E-state index in [9.17, 15) is 4.79 Å². The van der Waals surface area contributed by atoms with E-state index >= 15 is 0 Å². The lowest BCUT2D eigenvalue weighted by atomic mass is 9.82. The van der Waals surface area contributed by atoms with E-state index in [1.165, 1.54) is 0 Å². The molecule has 0 bridgehead atoms. The second-order valence-corrected chi connectivity index (χ2v) is 5.60. The minimum atomic E-state index is -0.140. The summed E-state index contributed by atoms with van der Waals surface area (Å²) in [6.07, 6.45) is 2.80. The molecule has 1 amide bonds. The third-order valence-corrected chi connectivity index (χ3v) is 4.43. The molecule has 1 aromatic heterocycles. The highest BCUT2D eigenvalue weighted by Crippen LogP contribution is 2.24. The summed E-state index contributed by atoms with van der Waals surface area (Å²) in [5.41, 5.74) is 1.35. The monoisotopic (exact) mass is 295 g/mol. The van der Waals surface area contributed by atoms with Crippen LogP contribution >= 0.6 is 0 Å². The van der Waals surface area contributed by atoms with Crippen LogP contribution in [0.1, 0.15) is 62.3 Å². The molecule has 0 saturated carbocycles. The van der Waals surface area contributed by atoms with E-state index in [1.807, 2.05) is 13.8 Å². The minimum Gasteiger partial charge on any atom is -0.360 e. The number of amides is 1. The van der Waals surface area contributed by atoms with Crippen LogP contribution < -0.4 is 10.6 Å². The number of carbonyl (C=O) groups is 1. The first-order chi connectivity index (χ1) is 10.0.